The van der Waals surface area contributed by atoms with Gasteiger partial charge in [-0.2, -0.15) is 0 Å². The first-order valence-corrected chi connectivity index (χ1v) is 5.74. The molecule has 1 heterocycles. The van der Waals surface area contributed by atoms with Crippen LogP contribution in [0.4, 0.5) is 0 Å². The maximum Gasteiger partial charge on any atom is 0.335 e. The highest BCUT2D eigenvalue weighted by molar-refractivity contribution is 5.91. The number of hydrogen-bond donors (Lipinski definition) is 1. The molecular weight excluding hydrogens is 244 g/mol. The van der Waals surface area contributed by atoms with Crippen molar-refractivity contribution in [3.8, 4) is 17.1 Å². The first kappa shape index (κ1) is 13.0. The van der Waals surface area contributed by atoms with Gasteiger partial charge in [-0.3, -0.25) is 0 Å². The van der Waals surface area contributed by atoms with E-state index < -0.39 is 5.97 Å². The van der Waals surface area contributed by atoms with Gasteiger partial charge >= 0.3 is 5.97 Å². The topological polar surface area (TPSA) is 72.3 Å². The molecule has 0 bridgehead atoms. The van der Waals surface area contributed by atoms with E-state index in [0.29, 0.717) is 17.1 Å². The van der Waals surface area contributed by atoms with Crippen LogP contribution in [0.3, 0.4) is 0 Å². The van der Waals surface area contributed by atoms with E-state index in [0.717, 1.165) is 11.1 Å². The molecule has 2 aromatic rings. The molecule has 5 nitrogen and oxygen atoms in total. The minimum atomic E-state index is -0.957. The van der Waals surface area contributed by atoms with Crippen LogP contribution in [0.25, 0.3) is 11.3 Å². The summed E-state index contributed by atoms with van der Waals surface area (Å²) in [5, 5.41) is 9.19. The number of ether oxygens (including phenoxy) is 1. The molecule has 0 unspecified atom stereocenters. The van der Waals surface area contributed by atoms with Gasteiger partial charge in [-0.1, -0.05) is 6.07 Å². The summed E-state index contributed by atoms with van der Waals surface area (Å²) in [6, 6.07) is 3.44. The van der Waals surface area contributed by atoms with Gasteiger partial charge in [0.1, 0.15) is 5.69 Å². The van der Waals surface area contributed by atoms with Crippen molar-refractivity contribution in [2.45, 2.75) is 13.8 Å². The monoisotopic (exact) mass is 258 g/mol. The van der Waals surface area contributed by atoms with Gasteiger partial charge in [0.05, 0.1) is 12.7 Å². The first-order valence-electron chi connectivity index (χ1n) is 5.74. The average Bonchev–Trinajstić information content (AvgIpc) is 2.38. The van der Waals surface area contributed by atoms with Crippen molar-refractivity contribution in [2.75, 3.05) is 7.11 Å². The number of rotatable bonds is 3. The second-order valence-electron chi connectivity index (χ2n) is 4.20. The lowest BCUT2D eigenvalue weighted by Gasteiger charge is -2.11. The first-order chi connectivity index (χ1) is 9.04. The van der Waals surface area contributed by atoms with E-state index in [2.05, 4.69) is 9.97 Å². The number of carboxylic acid groups (broad SMARTS) is 1. The molecule has 0 fully saturated rings. The number of aromatic carboxylic acids is 1. The molecule has 0 saturated heterocycles. The number of benzene rings is 1. The van der Waals surface area contributed by atoms with Gasteiger partial charge in [0.15, 0.2) is 0 Å². The van der Waals surface area contributed by atoms with Crippen LogP contribution < -0.4 is 4.74 Å². The van der Waals surface area contributed by atoms with Crippen LogP contribution in [0.2, 0.25) is 0 Å². The Morgan fingerprint density at radius 2 is 1.84 bits per heavy atom. The Kier molecular flexibility index (Phi) is 3.46. The number of methoxy groups -OCH3 is 1. The largest absolute Gasteiger partial charge is 0.479 e. The van der Waals surface area contributed by atoms with E-state index in [1.54, 1.807) is 19.2 Å². The third-order valence-electron chi connectivity index (χ3n) is 2.91. The van der Waals surface area contributed by atoms with Crippen LogP contribution in [-0.2, 0) is 0 Å². The summed E-state index contributed by atoms with van der Waals surface area (Å²) in [7, 11) is 1.51. The number of carboxylic acids is 1. The highest BCUT2D eigenvalue weighted by Gasteiger charge is 2.15. The zero-order valence-electron chi connectivity index (χ0n) is 11.0. The fourth-order valence-electron chi connectivity index (χ4n) is 2.00. The molecule has 19 heavy (non-hydrogen) atoms. The predicted molar refractivity (Wildman–Crippen MR) is 70.5 cm³/mol. The maximum absolute atomic E-state index is 11.2. The second-order valence-corrected chi connectivity index (χ2v) is 4.20. The van der Waals surface area contributed by atoms with E-state index in [-0.39, 0.29) is 5.56 Å². The standard InChI is InChI=1S/C14H14N2O3/c1-8-6-9(2)11(14(17)18)7-10(8)12-13(19-3)16-5-4-15-12/h4-7H,1-3H3,(H,17,18). The zero-order chi connectivity index (χ0) is 14.0. The molecule has 0 aliphatic rings. The molecule has 0 spiro atoms. The van der Waals surface area contributed by atoms with E-state index in [4.69, 9.17) is 4.74 Å². The highest BCUT2D eigenvalue weighted by atomic mass is 16.5. The van der Waals surface area contributed by atoms with Gasteiger partial charge in [-0.15, -0.1) is 0 Å². The summed E-state index contributed by atoms with van der Waals surface area (Å²) in [6.07, 6.45) is 3.08. The molecule has 2 rings (SSSR count). The molecule has 0 saturated carbocycles. The quantitative estimate of drug-likeness (QED) is 0.915. The Balaban J connectivity index is 2.68. The lowest BCUT2D eigenvalue weighted by Crippen LogP contribution is -2.03. The van der Waals surface area contributed by atoms with Crippen LogP contribution >= 0.6 is 0 Å². The molecule has 0 aliphatic heterocycles. The molecule has 5 heteroatoms. The Hall–Kier alpha value is -2.43. The van der Waals surface area contributed by atoms with Gasteiger partial charge in [0.25, 0.3) is 0 Å². The molecule has 1 N–H and O–H groups in total. The normalized spacial score (nSPS) is 10.3. The predicted octanol–water partition coefficient (Wildman–Crippen LogP) is 2.47. The van der Waals surface area contributed by atoms with E-state index >= 15 is 0 Å². The van der Waals surface area contributed by atoms with E-state index in [9.17, 15) is 9.90 Å². The van der Waals surface area contributed by atoms with Crippen LogP contribution in [0.1, 0.15) is 21.5 Å². The summed E-state index contributed by atoms with van der Waals surface area (Å²) in [6.45, 7) is 3.68. The fraction of sp³-hybridized carbons (Fsp3) is 0.214. The molecular formula is C14H14N2O3. The number of nitrogens with zero attached hydrogens (tertiary/aromatic N) is 2. The summed E-state index contributed by atoms with van der Waals surface area (Å²) in [4.78, 5) is 19.5. The smallest absolute Gasteiger partial charge is 0.335 e. The summed E-state index contributed by atoms with van der Waals surface area (Å²) < 4.78 is 5.16. The van der Waals surface area contributed by atoms with Crippen LogP contribution in [0, 0.1) is 13.8 Å². The Morgan fingerprint density at radius 3 is 2.47 bits per heavy atom. The van der Waals surface area contributed by atoms with Crippen molar-refractivity contribution in [1.29, 1.82) is 0 Å². The third-order valence-corrected chi connectivity index (χ3v) is 2.91. The lowest BCUT2D eigenvalue weighted by atomic mass is 9.98. The summed E-state index contributed by atoms with van der Waals surface area (Å²) >= 11 is 0. The Bertz CT molecular complexity index is 639. The van der Waals surface area contributed by atoms with Crippen molar-refractivity contribution in [1.82, 2.24) is 9.97 Å². The molecule has 1 aromatic heterocycles. The van der Waals surface area contributed by atoms with Gasteiger partial charge in [-0.25, -0.2) is 14.8 Å². The van der Waals surface area contributed by atoms with Crippen LogP contribution in [0.5, 0.6) is 5.88 Å². The van der Waals surface area contributed by atoms with E-state index in [1.807, 2.05) is 13.0 Å². The average molecular weight is 258 g/mol. The zero-order valence-corrected chi connectivity index (χ0v) is 11.0. The highest BCUT2D eigenvalue weighted by Crippen LogP contribution is 2.30. The molecule has 0 radical (unpaired) electrons. The van der Waals surface area contributed by atoms with Crippen molar-refractivity contribution in [3.63, 3.8) is 0 Å². The summed E-state index contributed by atoms with van der Waals surface area (Å²) in [5.74, 6) is -0.576. The Labute approximate surface area is 110 Å². The minimum absolute atomic E-state index is 0.258. The number of carbonyl (C=O) groups is 1. The second kappa shape index (κ2) is 5.06. The SMILES string of the molecule is COc1nccnc1-c1cc(C(=O)O)c(C)cc1C. The van der Waals surface area contributed by atoms with Gasteiger partial charge in [-0.05, 0) is 31.0 Å². The van der Waals surface area contributed by atoms with Crippen molar-refractivity contribution in [3.05, 3.63) is 41.2 Å². The maximum atomic E-state index is 11.2. The fourth-order valence-corrected chi connectivity index (χ4v) is 2.00. The van der Waals surface area contributed by atoms with E-state index in [1.165, 1.54) is 13.3 Å². The molecule has 1 aromatic carbocycles. The Morgan fingerprint density at radius 1 is 1.16 bits per heavy atom. The third kappa shape index (κ3) is 2.40. The number of aromatic nitrogens is 2. The lowest BCUT2D eigenvalue weighted by molar-refractivity contribution is 0.0696. The van der Waals surface area contributed by atoms with Gasteiger partial charge < -0.3 is 9.84 Å². The minimum Gasteiger partial charge on any atom is -0.479 e. The number of aryl methyl sites for hydroxylation is 2. The molecule has 98 valence electrons. The van der Waals surface area contributed by atoms with Crippen molar-refractivity contribution >= 4 is 5.97 Å². The van der Waals surface area contributed by atoms with Crippen molar-refractivity contribution in [2.24, 2.45) is 0 Å². The van der Waals surface area contributed by atoms with Crippen LogP contribution in [0.15, 0.2) is 24.5 Å². The van der Waals surface area contributed by atoms with Gasteiger partial charge in [0.2, 0.25) is 5.88 Å². The molecule has 0 aliphatic carbocycles. The van der Waals surface area contributed by atoms with Crippen LogP contribution in [-0.4, -0.2) is 28.2 Å². The molecule has 0 atom stereocenters. The van der Waals surface area contributed by atoms with Gasteiger partial charge in [0, 0.05) is 18.0 Å². The summed E-state index contributed by atoms with van der Waals surface area (Å²) in [5.41, 5.74) is 3.17. The van der Waals surface area contributed by atoms with Crippen molar-refractivity contribution < 1.29 is 14.6 Å². The molecule has 0 amide bonds. The number of hydrogen-bond acceptors (Lipinski definition) is 4.